The van der Waals surface area contributed by atoms with E-state index in [2.05, 4.69) is 25.4 Å². The lowest BCUT2D eigenvalue weighted by molar-refractivity contribution is 0.101. The number of aromatic nitrogens is 5. The summed E-state index contributed by atoms with van der Waals surface area (Å²) in [7, 11) is 0. The molecule has 0 spiro atoms. The second kappa shape index (κ2) is 7.21. The topological polar surface area (TPSA) is 85.6 Å². The molecule has 0 radical (unpaired) electrons. The monoisotopic (exact) mass is 420 g/mol. The van der Waals surface area contributed by atoms with Crippen LogP contribution in [0.15, 0.2) is 36.1 Å². The number of pyridine rings is 1. The third kappa shape index (κ3) is 3.32. The molecule has 1 N–H and O–H groups in total. The SMILES string of the molecule is Cc1nc(-c2nc(Cl)cs2)ncc1C(=O)Nn1cc(C(F)F)c2cccnc21. The molecule has 4 rings (SSSR count). The summed E-state index contributed by atoms with van der Waals surface area (Å²) in [4.78, 5) is 29.3. The van der Waals surface area contributed by atoms with Crippen LogP contribution in [0, 0.1) is 6.92 Å². The Labute approximate surface area is 166 Å². The quantitative estimate of drug-likeness (QED) is 0.534. The van der Waals surface area contributed by atoms with E-state index >= 15 is 0 Å². The summed E-state index contributed by atoms with van der Waals surface area (Å²) in [6.45, 7) is 1.64. The van der Waals surface area contributed by atoms with Gasteiger partial charge in [0.25, 0.3) is 12.3 Å². The smallest absolute Gasteiger partial charge is 0.267 e. The molecule has 0 aliphatic heterocycles. The van der Waals surface area contributed by atoms with Crippen molar-refractivity contribution in [3.8, 4) is 10.8 Å². The lowest BCUT2D eigenvalue weighted by Crippen LogP contribution is -2.23. The normalized spacial score (nSPS) is 11.3. The van der Waals surface area contributed by atoms with E-state index in [1.807, 2.05) is 0 Å². The molecule has 0 aromatic carbocycles. The first-order valence-electron chi connectivity index (χ1n) is 7.94. The first-order chi connectivity index (χ1) is 13.4. The van der Waals surface area contributed by atoms with Crippen LogP contribution in [0.25, 0.3) is 21.9 Å². The number of hydrogen-bond donors (Lipinski definition) is 1. The zero-order chi connectivity index (χ0) is 19.8. The van der Waals surface area contributed by atoms with Gasteiger partial charge in [-0.1, -0.05) is 11.6 Å². The largest absolute Gasteiger partial charge is 0.273 e. The molecule has 0 aliphatic rings. The molecule has 4 aromatic rings. The van der Waals surface area contributed by atoms with E-state index in [9.17, 15) is 13.6 Å². The van der Waals surface area contributed by atoms with Gasteiger partial charge in [0.1, 0.15) is 5.15 Å². The van der Waals surface area contributed by atoms with E-state index in [1.54, 1.807) is 18.4 Å². The van der Waals surface area contributed by atoms with E-state index < -0.39 is 12.3 Å². The first-order valence-corrected chi connectivity index (χ1v) is 9.20. The minimum absolute atomic E-state index is 0.197. The van der Waals surface area contributed by atoms with Gasteiger partial charge >= 0.3 is 0 Å². The predicted octanol–water partition coefficient (Wildman–Crippen LogP) is 4.23. The van der Waals surface area contributed by atoms with Gasteiger partial charge in [-0.25, -0.2) is 33.4 Å². The fourth-order valence-corrected chi connectivity index (χ4v) is 3.55. The minimum atomic E-state index is -2.70. The average Bonchev–Trinajstić information content (AvgIpc) is 3.26. The summed E-state index contributed by atoms with van der Waals surface area (Å²) < 4.78 is 27.7. The summed E-state index contributed by atoms with van der Waals surface area (Å²) in [5.74, 6) is -0.205. The molecule has 4 aromatic heterocycles. The summed E-state index contributed by atoms with van der Waals surface area (Å²) in [6.07, 6.45) is 1.28. The molecule has 28 heavy (non-hydrogen) atoms. The number of alkyl halides is 2. The number of halogens is 3. The third-order valence-corrected chi connectivity index (χ3v) is 5.10. The standard InChI is InChI=1S/C17H11ClF2N6OS/c1-8-10(5-22-14(23-8)17-24-12(18)7-28-17)16(27)25-26-6-11(13(19)20)9-3-2-4-21-15(9)26/h2-7,13H,1H3,(H,25,27). The van der Waals surface area contributed by atoms with E-state index in [1.165, 1.54) is 34.5 Å². The molecular formula is C17H11ClF2N6OS. The Morgan fingerprint density at radius 1 is 1.32 bits per heavy atom. The van der Waals surface area contributed by atoms with Crippen LogP contribution in [0.5, 0.6) is 0 Å². The van der Waals surface area contributed by atoms with Crippen LogP contribution in [0.4, 0.5) is 8.78 Å². The maximum Gasteiger partial charge on any atom is 0.273 e. The number of fused-ring (bicyclic) bond motifs is 1. The van der Waals surface area contributed by atoms with Gasteiger partial charge in [-0.15, -0.1) is 11.3 Å². The number of nitrogens with zero attached hydrogens (tertiary/aromatic N) is 5. The highest BCUT2D eigenvalue weighted by Gasteiger charge is 2.20. The number of carbonyl (C=O) groups is 1. The highest BCUT2D eigenvalue weighted by Crippen LogP contribution is 2.28. The predicted molar refractivity (Wildman–Crippen MR) is 101 cm³/mol. The minimum Gasteiger partial charge on any atom is -0.267 e. The molecular weight excluding hydrogens is 410 g/mol. The molecule has 11 heteroatoms. The van der Waals surface area contributed by atoms with Crippen LogP contribution in [0.2, 0.25) is 5.15 Å². The number of amides is 1. The molecule has 0 saturated heterocycles. The van der Waals surface area contributed by atoms with Gasteiger partial charge in [0.15, 0.2) is 16.5 Å². The van der Waals surface area contributed by atoms with Gasteiger partial charge < -0.3 is 0 Å². The van der Waals surface area contributed by atoms with Gasteiger partial charge in [-0.3, -0.25) is 10.2 Å². The fourth-order valence-electron chi connectivity index (χ4n) is 2.66. The second-order valence-electron chi connectivity index (χ2n) is 5.74. The van der Waals surface area contributed by atoms with Crippen LogP contribution in [0.3, 0.4) is 0 Å². The Morgan fingerprint density at radius 2 is 2.14 bits per heavy atom. The van der Waals surface area contributed by atoms with Crippen molar-refractivity contribution in [2.24, 2.45) is 0 Å². The fraction of sp³-hybridized carbons (Fsp3) is 0.118. The number of nitrogens with one attached hydrogen (secondary N) is 1. The van der Waals surface area contributed by atoms with Crippen LogP contribution in [-0.4, -0.2) is 30.5 Å². The van der Waals surface area contributed by atoms with Crippen LogP contribution < -0.4 is 5.43 Å². The van der Waals surface area contributed by atoms with E-state index in [0.29, 0.717) is 21.7 Å². The van der Waals surface area contributed by atoms with E-state index in [-0.39, 0.29) is 22.2 Å². The van der Waals surface area contributed by atoms with Gasteiger partial charge in [0, 0.05) is 34.9 Å². The lowest BCUT2D eigenvalue weighted by atomic mass is 10.2. The highest BCUT2D eigenvalue weighted by atomic mass is 35.5. The van der Waals surface area contributed by atoms with Crippen LogP contribution in [-0.2, 0) is 0 Å². The van der Waals surface area contributed by atoms with Gasteiger partial charge in [-0.05, 0) is 19.1 Å². The number of hydrogen-bond acceptors (Lipinski definition) is 6. The Hall–Kier alpha value is -2.98. The van der Waals surface area contributed by atoms with Crippen molar-refractivity contribution in [2.75, 3.05) is 5.43 Å². The number of rotatable bonds is 4. The van der Waals surface area contributed by atoms with E-state index in [4.69, 9.17) is 11.6 Å². The Kier molecular flexibility index (Phi) is 4.73. The molecule has 0 unspecified atom stereocenters. The van der Waals surface area contributed by atoms with Crippen molar-refractivity contribution in [3.63, 3.8) is 0 Å². The zero-order valence-corrected chi connectivity index (χ0v) is 15.8. The molecule has 7 nitrogen and oxygen atoms in total. The van der Waals surface area contributed by atoms with Crippen molar-refractivity contribution in [2.45, 2.75) is 13.3 Å². The van der Waals surface area contributed by atoms with Crippen molar-refractivity contribution in [1.29, 1.82) is 0 Å². The maximum atomic E-state index is 13.3. The second-order valence-corrected chi connectivity index (χ2v) is 6.98. The first kappa shape index (κ1) is 18.4. The van der Waals surface area contributed by atoms with Crippen molar-refractivity contribution in [3.05, 3.63) is 58.1 Å². The number of aryl methyl sites for hydroxylation is 1. The third-order valence-electron chi connectivity index (χ3n) is 3.94. The van der Waals surface area contributed by atoms with E-state index in [0.717, 1.165) is 6.20 Å². The lowest BCUT2D eigenvalue weighted by Gasteiger charge is -2.09. The summed E-state index contributed by atoms with van der Waals surface area (Å²) in [5, 5.41) is 2.79. The molecule has 0 saturated carbocycles. The van der Waals surface area contributed by atoms with Gasteiger partial charge in [0.05, 0.1) is 11.3 Å². The molecule has 0 aliphatic carbocycles. The molecule has 4 heterocycles. The molecule has 1 amide bonds. The zero-order valence-electron chi connectivity index (χ0n) is 14.2. The molecule has 0 bridgehead atoms. The Bertz CT molecular complexity index is 1190. The van der Waals surface area contributed by atoms with Crippen LogP contribution in [0.1, 0.15) is 28.0 Å². The summed E-state index contributed by atoms with van der Waals surface area (Å²) >= 11 is 7.09. The molecule has 0 fully saturated rings. The van der Waals surface area contributed by atoms with Crippen molar-refractivity contribution >= 4 is 39.9 Å². The molecule has 142 valence electrons. The summed E-state index contributed by atoms with van der Waals surface area (Å²) in [6, 6.07) is 3.08. The van der Waals surface area contributed by atoms with Gasteiger partial charge in [0.2, 0.25) is 0 Å². The number of thiazole rings is 1. The maximum absolute atomic E-state index is 13.3. The summed E-state index contributed by atoms with van der Waals surface area (Å²) in [5.41, 5.74) is 3.16. The molecule has 0 atom stereocenters. The van der Waals surface area contributed by atoms with Crippen molar-refractivity contribution in [1.82, 2.24) is 24.6 Å². The highest BCUT2D eigenvalue weighted by molar-refractivity contribution is 7.13. The number of carbonyl (C=O) groups excluding carboxylic acids is 1. The average molecular weight is 421 g/mol. The Morgan fingerprint density at radius 3 is 2.82 bits per heavy atom. The Balaban J connectivity index is 1.65. The van der Waals surface area contributed by atoms with Gasteiger partial charge in [-0.2, -0.15) is 0 Å². The van der Waals surface area contributed by atoms with Crippen molar-refractivity contribution < 1.29 is 13.6 Å². The van der Waals surface area contributed by atoms with Crippen LogP contribution >= 0.6 is 22.9 Å².